The Morgan fingerprint density at radius 2 is 2.04 bits per heavy atom. The molecule has 0 saturated heterocycles. The van der Waals surface area contributed by atoms with Gasteiger partial charge < -0.3 is 20.1 Å². The van der Waals surface area contributed by atoms with Crippen molar-refractivity contribution in [3.8, 4) is 0 Å². The van der Waals surface area contributed by atoms with Gasteiger partial charge in [0.1, 0.15) is 11.4 Å². The summed E-state index contributed by atoms with van der Waals surface area (Å²) in [6, 6.07) is 1.76. The summed E-state index contributed by atoms with van der Waals surface area (Å²) in [4.78, 5) is 46.2. The van der Waals surface area contributed by atoms with Gasteiger partial charge in [0.2, 0.25) is 0 Å². The zero-order chi connectivity index (χ0) is 20.3. The number of aliphatic hydroxyl groups is 1. The van der Waals surface area contributed by atoms with Crippen molar-refractivity contribution in [2.45, 2.75) is 0 Å². The van der Waals surface area contributed by atoms with Crippen LogP contribution in [0.3, 0.4) is 0 Å². The van der Waals surface area contributed by atoms with E-state index in [4.69, 9.17) is 5.11 Å². The maximum absolute atomic E-state index is 12.5. The second kappa shape index (κ2) is 8.09. The Labute approximate surface area is 159 Å². The van der Waals surface area contributed by atoms with E-state index in [0.717, 1.165) is 24.1 Å². The van der Waals surface area contributed by atoms with E-state index in [1.165, 1.54) is 0 Å². The van der Waals surface area contributed by atoms with Gasteiger partial charge in [-0.05, 0) is 15.9 Å². The highest BCUT2D eigenvalue weighted by atomic mass is 79.9. The first-order chi connectivity index (χ1) is 12.7. The van der Waals surface area contributed by atoms with Crippen molar-refractivity contribution in [2.24, 2.45) is 0 Å². The van der Waals surface area contributed by atoms with Gasteiger partial charge >= 0.3 is 11.7 Å². The monoisotopic (exact) mass is 444 g/mol. The number of nitrogens with zero attached hydrogens (tertiary/aromatic N) is 3. The molecule has 0 aromatic heterocycles. The van der Waals surface area contributed by atoms with Crippen LogP contribution in [0.25, 0.3) is 0 Å². The number of amides is 1. The fraction of sp³-hybridized carbons (Fsp3) is 0.286. The van der Waals surface area contributed by atoms with E-state index in [9.17, 15) is 29.8 Å². The molecule has 1 aliphatic heterocycles. The molecule has 0 fully saturated rings. The zero-order valence-corrected chi connectivity index (χ0v) is 15.4. The molecule has 0 unspecified atom stereocenters. The molecular weight excluding hydrogens is 432 g/mol. The largest absolute Gasteiger partial charge is 0.466 e. The summed E-state index contributed by atoms with van der Waals surface area (Å²) >= 11 is 3.01. The molecule has 13 heteroatoms. The molecule has 12 nitrogen and oxygen atoms in total. The van der Waals surface area contributed by atoms with Crippen LogP contribution < -0.4 is 5.32 Å². The van der Waals surface area contributed by atoms with E-state index in [-0.39, 0.29) is 41.1 Å². The number of esters is 1. The summed E-state index contributed by atoms with van der Waals surface area (Å²) in [6.07, 6.45) is 0. The smallest absolute Gasteiger partial charge is 0.337 e. The summed E-state index contributed by atoms with van der Waals surface area (Å²) in [5, 5.41) is 33.8. The quantitative estimate of drug-likeness (QED) is 0.353. The molecule has 0 aliphatic carbocycles. The number of nitrogens with one attached hydrogen (secondary N) is 1. The lowest BCUT2D eigenvalue weighted by molar-refractivity contribution is -0.393. The van der Waals surface area contributed by atoms with Crippen molar-refractivity contribution in [3.05, 3.63) is 48.1 Å². The van der Waals surface area contributed by atoms with Gasteiger partial charge in [-0.1, -0.05) is 0 Å². The Hall–Kier alpha value is -3.06. The fourth-order valence-electron chi connectivity index (χ4n) is 2.43. The molecule has 1 aromatic carbocycles. The number of nitro benzene ring substituents is 2. The maximum atomic E-state index is 12.5. The number of rotatable bonds is 7. The number of carbonyl (C=O) groups is 2. The van der Waals surface area contributed by atoms with E-state index in [2.05, 4.69) is 26.0 Å². The number of benzene rings is 1. The van der Waals surface area contributed by atoms with E-state index >= 15 is 0 Å². The molecule has 0 radical (unpaired) electrons. The highest BCUT2D eigenvalue weighted by Crippen LogP contribution is 2.38. The number of aliphatic hydroxyl groups excluding tert-OH is 1. The lowest BCUT2D eigenvalue weighted by Crippen LogP contribution is -2.31. The minimum Gasteiger partial charge on any atom is -0.466 e. The summed E-state index contributed by atoms with van der Waals surface area (Å²) in [5.74, 6) is -1.50. The van der Waals surface area contributed by atoms with Crippen molar-refractivity contribution >= 4 is 44.9 Å². The SMILES string of the molecule is COC(=O)C1=C(Nc2c(Br)cc([N+](=O)[O-])cc2[N+](=O)[O-])C(=O)N(CCO)C1. The van der Waals surface area contributed by atoms with Crippen LogP contribution in [0.15, 0.2) is 27.9 Å². The minimum atomic E-state index is -0.858. The van der Waals surface area contributed by atoms with Gasteiger partial charge in [-0.25, -0.2) is 4.79 Å². The summed E-state index contributed by atoms with van der Waals surface area (Å²) < 4.78 is 4.57. The first-order valence-electron chi connectivity index (χ1n) is 7.32. The van der Waals surface area contributed by atoms with Gasteiger partial charge in [-0.3, -0.25) is 25.0 Å². The van der Waals surface area contributed by atoms with E-state index in [1.807, 2.05) is 0 Å². The molecule has 0 bridgehead atoms. The van der Waals surface area contributed by atoms with Gasteiger partial charge in [0, 0.05) is 12.6 Å². The molecule has 2 rings (SSSR count). The lowest BCUT2D eigenvalue weighted by Gasteiger charge is -2.15. The van der Waals surface area contributed by atoms with Gasteiger partial charge in [0.25, 0.3) is 11.6 Å². The van der Waals surface area contributed by atoms with E-state index < -0.39 is 33.1 Å². The molecular formula is C14H13BrN4O8. The van der Waals surface area contributed by atoms with Gasteiger partial charge in [0.05, 0.1) is 46.2 Å². The van der Waals surface area contributed by atoms with Crippen LogP contribution in [-0.2, 0) is 14.3 Å². The molecule has 1 aromatic rings. The number of halogens is 1. The predicted octanol–water partition coefficient (Wildman–Crippen LogP) is 0.939. The first kappa shape index (κ1) is 20.3. The van der Waals surface area contributed by atoms with Gasteiger partial charge in [-0.2, -0.15) is 0 Å². The van der Waals surface area contributed by atoms with Gasteiger partial charge in [0.15, 0.2) is 0 Å². The number of ether oxygens (including phenoxy) is 1. The maximum Gasteiger partial charge on any atom is 0.337 e. The Morgan fingerprint density at radius 1 is 1.37 bits per heavy atom. The number of hydrogen-bond acceptors (Lipinski definition) is 9. The number of non-ortho nitro benzene ring substituents is 1. The van der Waals surface area contributed by atoms with Crippen LogP contribution in [0.5, 0.6) is 0 Å². The first-order valence-corrected chi connectivity index (χ1v) is 8.11. The molecule has 2 N–H and O–H groups in total. The number of anilines is 1. The van der Waals surface area contributed by atoms with Crippen molar-refractivity contribution < 1.29 is 29.3 Å². The second-order valence-electron chi connectivity index (χ2n) is 5.26. The molecule has 0 spiro atoms. The Kier molecular flexibility index (Phi) is 6.07. The average molecular weight is 445 g/mol. The predicted molar refractivity (Wildman–Crippen MR) is 93.8 cm³/mol. The molecule has 0 atom stereocenters. The molecule has 27 heavy (non-hydrogen) atoms. The molecule has 1 heterocycles. The van der Waals surface area contributed by atoms with Crippen LogP contribution in [0, 0.1) is 20.2 Å². The van der Waals surface area contributed by atoms with Crippen LogP contribution in [0.1, 0.15) is 0 Å². The van der Waals surface area contributed by atoms with Crippen LogP contribution >= 0.6 is 15.9 Å². The third-order valence-corrected chi connectivity index (χ3v) is 4.29. The van der Waals surface area contributed by atoms with Crippen molar-refractivity contribution in [2.75, 3.05) is 32.1 Å². The fourth-order valence-corrected chi connectivity index (χ4v) is 2.96. The topological polar surface area (TPSA) is 165 Å². The normalized spacial score (nSPS) is 13.7. The molecule has 1 aliphatic rings. The Balaban J connectivity index is 2.55. The Morgan fingerprint density at radius 3 is 2.56 bits per heavy atom. The van der Waals surface area contributed by atoms with Crippen molar-refractivity contribution in [1.29, 1.82) is 0 Å². The molecule has 144 valence electrons. The molecule has 0 saturated carbocycles. The van der Waals surface area contributed by atoms with Crippen molar-refractivity contribution in [1.82, 2.24) is 4.90 Å². The highest BCUT2D eigenvalue weighted by molar-refractivity contribution is 9.10. The number of β-amino-alcohol motifs (C(OH)–C–C–N with tert-alkyl or cyclic N) is 1. The third kappa shape index (κ3) is 4.03. The van der Waals surface area contributed by atoms with Gasteiger partial charge in [-0.15, -0.1) is 0 Å². The van der Waals surface area contributed by atoms with Crippen molar-refractivity contribution in [3.63, 3.8) is 0 Å². The average Bonchev–Trinajstić information content (AvgIpc) is 2.92. The third-order valence-electron chi connectivity index (χ3n) is 3.67. The zero-order valence-electron chi connectivity index (χ0n) is 13.8. The van der Waals surface area contributed by atoms with Crippen LogP contribution in [-0.4, -0.2) is 58.5 Å². The van der Waals surface area contributed by atoms with Crippen LogP contribution in [0.2, 0.25) is 0 Å². The number of hydrogen-bond donors (Lipinski definition) is 2. The highest BCUT2D eigenvalue weighted by Gasteiger charge is 2.36. The number of nitro groups is 2. The minimum absolute atomic E-state index is 0.0477. The number of carbonyl (C=O) groups excluding carboxylic acids is 2. The van der Waals surface area contributed by atoms with E-state index in [1.54, 1.807) is 0 Å². The summed E-state index contributed by atoms with van der Waals surface area (Å²) in [7, 11) is 1.11. The Bertz CT molecular complexity index is 869. The number of methoxy groups -OCH3 is 1. The summed E-state index contributed by atoms with van der Waals surface area (Å²) in [6.45, 7) is -0.574. The second-order valence-corrected chi connectivity index (χ2v) is 6.11. The molecule has 1 amide bonds. The van der Waals surface area contributed by atoms with Crippen LogP contribution in [0.4, 0.5) is 17.1 Å². The lowest BCUT2D eigenvalue weighted by atomic mass is 10.2. The van der Waals surface area contributed by atoms with E-state index in [0.29, 0.717) is 0 Å². The standard InChI is InChI=1S/C14H13BrN4O8/c1-27-14(22)8-6-17(2-3-20)13(21)11(8)16-12-9(15)4-7(18(23)24)5-10(12)19(25)26/h4-5,16,20H,2-3,6H2,1H3. The summed E-state index contributed by atoms with van der Waals surface area (Å²) in [5.41, 5.74) is -1.79.